The molecule has 0 aliphatic rings. The first kappa shape index (κ1) is 96.3. The Balaban J connectivity index is 7.93. The molecule has 0 saturated heterocycles. The Morgan fingerprint density at radius 2 is 0.514 bits per heavy atom. The number of carbonyl (C=O) groups excluding carboxylic acids is 12. The van der Waals surface area contributed by atoms with Gasteiger partial charge < -0.3 is 129 Å². The van der Waals surface area contributed by atoms with Gasteiger partial charge in [0.15, 0.2) is 76.6 Å². The van der Waals surface area contributed by atoms with Gasteiger partial charge in [-0.15, -0.1) is 0 Å². The first-order valence-electron chi connectivity index (χ1n) is 35.3. The van der Waals surface area contributed by atoms with E-state index in [4.69, 9.17) is 97.5 Å². The molecule has 0 fully saturated rings. The van der Waals surface area contributed by atoms with E-state index in [2.05, 4.69) is 79.2 Å². The maximum Gasteiger partial charge on any atom is 0.224 e. The van der Waals surface area contributed by atoms with Gasteiger partial charge >= 0.3 is 0 Å². The number of nitrogens with two attached hydrogens (primary N) is 17. The number of carbonyl (C=O) groups is 12. The summed E-state index contributed by atoms with van der Waals surface area (Å²) in [7, 11) is 0. The van der Waals surface area contributed by atoms with Gasteiger partial charge in [-0.2, -0.15) is 12.6 Å². The Bertz CT molecular complexity index is 3130. The van der Waals surface area contributed by atoms with Crippen molar-refractivity contribution in [2.45, 2.75) is 179 Å². The summed E-state index contributed by atoms with van der Waals surface area (Å²) in [5, 5.41) is 13.5. The van der Waals surface area contributed by atoms with Crippen molar-refractivity contribution < 1.29 is 57.5 Å². The summed E-state index contributed by atoms with van der Waals surface area (Å²) in [5.74, 6) is -16.8. The number of nitrogens with zero attached hydrogens (tertiary/aromatic N) is 8. The SMILES string of the molecule is CC(=O)C[C@@H](C)C(=O)NCC(=O)C[C@H](CCCN=C(N)N)C(=O)N[C@H](CCCN=C(N)N)C(=O)C[C@H](CCCN=C(N)N)C(=O)N[C@H](CCCN=C(N)N)C(=O)C[C@H](CCCN=C(N)N)C(=O)N[C@H](CCCN=C(N)N)C(=O)C[C@H](CCCN=C(N)N)C(=O)N[C@H](CCCN=C(N)N)C(=O)C[C@H](CS)C(N)=O. The maximum atomic E-state index is 15.1. The highest BCUT2D eigenvalue weighted by atomic mass is 32.1. The first-order valence-corrected chi connectivity index (χ1v) is 35.9. The second-order valence-electron chi connectivity index (χ2n) is 25.9. The molecule has 43 heteroatoms. The molecule has 0 heterocycles. The zero-order chi connectivity index (χ0) is 81.1. The van der Waals surface area contributed by atoms with Gasteiger partial charge in [0.25, 0.3) is 0 Å². The van der Waals surface area contributed by atoms with E-state index in [0.717, 1.165) is 0 Å². The molecule has 0 spiro atoms. The highest BCUT2D eigenvalue weighted by Crippen LogP contribution is 2.24. The van der Waals surface area contributed by atoms with E-state index in [1.165, 1.54) is 13.8 Å². The lowest BCUT2D eigenvalue weighted by Crippen LogP contribution is -2.49. The third-order valence-electron chi connectivity index (χ3n) is 16.5. The van der Waals surface area contributed by atoms with Crippen LogP contribution in [-0.4, -0.2) is 207 Å². The molecule has 107 heavy (non-hydrogen) atoms. The van der Waals surface area contributed by atoms with Gasteiger partial charge in [-0.25, -0.2) is 0 Å². The van der Waals surface area contributed by atoms with Crippen LogP contribution in [0.4, 0.5) is 0 Å². The van der Waals surface area contributed by atoms with Crippen molar-refractivity contribution in [1.82, 2.24) is 26.6 Å². The predicted molar refractivity (Wildman–Crippen MR) is 413 cm³/mol. The molecule has 0 unspecified atom stereocenters. The molecule has 6 amide bonds. The van der Waals surface area contributed by atoms with Crippen LogP contribution in [0.3, 0.4) is 0 Å². The number of primary amides is 1. The number of hydrogen-bond acceptors (Lipinski definition) is 21. The van der Waals surface area contributed by atoms with Crippen molar-refractivity contribution in [3.05, 3.63) is 0 Å². The number of aliphatic imine (C=N–C) groups is 8. The summed E-state index contributed by atoms with van der Waals surface area (Å²) in [5.41, 5.74) is 95.1. The molecule has 0 radical (unpaired) electrons. The Hall–Kier alpha value is -10.6. The number of Topliss-reactive ketones (excluding diaryl/α,β-unsaturated/α-hetero) is 6. The minimum Gasteiger partial charge on any atom is -0.370 e. The van der Waals surface area contributed by atoms with E-state index < -0.39 is 156 Å². The number of rotatable bonds is 61. The van der Waals surface area contributed by atoms with Gasteiger partial charge in [0, 0.05) is 126 Å². The smallest absolute Gasteiger partial charge is 0.224 e. The zero-order valence-corrected chi connectivity index (χ0v) is 62.5. The third kappa shape index (κ3) is 47.4. The number of thiol groups is 1. The average molecular weight is 1530 g/mol. The molecule has 10 atom stereocenters. The van der Waals surface area contributed by atoms with Gasteiger partial charge in [0.2, 0.25) is 35.4 Å². The fourth-order valence-corrected chi connectivity index (χ4v) is 11.2. The van der Waals surface area contributed by atoms with Crippen molar-refractivity contribution in [3.63, 3.8) is 0 Å². The van der Waals surface area contributed by atoms with Crippen LogP contribution in [0.1, 0.15) is 155 Å². The quantitative estimate of drug-likeness (QED) is 0.0116. The maximum absolute atomic E-state index is 15.1. The predicted octanol–water partition coefficient (Wildman–Crippen LogP) is -7.62. The van der Waals surface area contributed by atoms with Crippen molar-refractivity contribution in [1.29, 1.82) is 0 Å². The summed E-state index contributed by atoms with van der Waals surface area (Å²) in [4.78, 5) is 200. The lowest BCUT2D eigenvalue weighted by Gasteiger charge is -2.27. The normalized spacial score (nSPS) is 13.6. The third-order valence-corrected chi connectivity index (χ3v) is 16.9. The van der Waals surface area contributed by atoms with Crippen molar-refractivity contribution in [2.24, 2.45) is 173 Å². The van der Waals surface area contributed by atoms with Crippen molar-refractivity contribution >= 4 is 130 Å². The van der Waals surface area contributed by atoms with E-state index in [1.54, 1.807) is 0 Å². The minimum atomic E-state index is -1.42. The van der Waals surface area contributed by atoms with Gasteiger partial charge in [0.1, 0.15) is 5.78 Å². The van der Waals surface area contributed by atoms with Gasteiger partial charge in [-0.05, 0) is 110 Å². The van der Waals surface area contributed by atoms with Crippen LogP contribution in [0.25, 0.3) is 0 Å². The Morgan fingerprint density at radius 3 is 0.720 bits per heavy atom. The number of guanidine groups is 8. The van der Waals surface area contributed by atoms with Gasteiger partial charge in [0.05, 0.1) is 36.6 Å². The standard InChI is InChI=1S/C64H120N30O12S/c1-35(27-36(2)95)52(102)90-33-42(96)28-37(11-3-19-82-57(66)67)53(103)91-43(15-7-23-86-61(74)75)47(97)29-38(12-4-20-83-58(68)69)54(104)92-44(16-8-24-87-62(76)77)48(98)30-39(13-5-21-84-59(70)71)55(105)93-45(17-9-25-88-63(78)79)49(99)31-40(14-6-22-85-60(72)73)56(106)94-46(18-10-26-89-64(80)81)50(100)32-41(34-107)51(65)101/h35,37-41,43-46,107H,3-34H2,1-2H3,(H2,65,101)(H,90,102)(H,91,103)(H,92,104)(H,93,105)(H,94,106)(H4,66,67,82)(H4,68,69,83)(H4,70,71,84)(H4,72,73,85)(H4,74,75,86)(H4,76,77,87)(H4,78,79,88)(H4,80,81,89)/t35-,37+,38+,39+,40+,41-,43-,44-,45-,46-/m1/s1. The van der Waals surface area contributed by atoms with Crippen LogP contribution < -0.4 is 124 Å². The van der Waals surface area contributed by atoms with Crippen LogP contribution in [0.2, 0.25) is 0 Å². The van der Waals surface area contributed by atoms with Gasteiger partial charge in [-0.1, -0.05) is 6.92 Å². The summed E-state index contributed by atoms with van der Waals surface area (Å²) in [6.45, 7) is 2.38. The fraction of sp³-hybridized carbons (Fsp3) is 0.688. The second kappa shape index (κ2) is 54.9. The van der Waals surface area contributed by atoms with E-state index in [0.29, 0.717) is 0 Å². The largest absolute Gasteiger partial charge is 0.370 e. The molecule has 0 bridgehead atoms. The molecule has 0 aliphatic heterocycles. The number of nitrogens with one attached hydrogen (secondary N) is 5. The molecule has 0 aromatic heterocycles. The molecular weight excluding hydrogens is 1410 g/mol. The topological polar surface area (TPSA) is 806 Å². The van der Waals surface area contributed by atoms with E-state index in [1.807, 2.05) is 0 Å². The summed E-state index contributed by atoms with van der Waals surface area (Å²) in [6, 6.07) is -5.40. The molecule has 0 aliphatic carbocycles. The molecular formula is C64H120N30O12S. The zero-order valence-electron chi connectivity index (χ0n) is 61.6. The molecule has 39 N–H and O–H groups in total. The average Bonchev–Trinajstić information content (AvgIpc) is 0.862. The summed E-state index contributed by atoms with van der Waals surface area (Å²) < 4.78 is 0. The van der Waals surface area contributed by atoms with Crippen molar-refractivity contribution in [2.75, 3.05) is 64.7 Å². The second-order valence-corrected chi connectivity index (χ2v) is 26.2. The first-order chi connectivity index (χ1) is 50.4. The van der Waals surface area contributed by atoms with Crippen LogP contribution in [0.5, 0.6) is 0 Å². The molecule has 0 saturated carbocycles. The lowest BCUT2D eigenvalue weighted by molar-refractivity contribution is -0.136. The monoisotopic (exact) mass is 1530 g/mol. The summed E-state index contributed by atoms with van der Waals surface area (Å²) in [6.07, 6.45) is -2.20. The number of amides is 6. The highest BCUT2D eigenvalue weighted by Gasteiger charge is 2.36. The number of ketones is 6. The Kier molecular flexibility index (Phi) is 49.4. The lowest BCUT2D eigenvalue weighted by atomic mass is 9.88. The Labute approximate surface area is 629 Å². The van der Waals surface area contributed by atoms with Crippen molar-refractivity contribution in [3.8, 4) is 0 Å². The molecule has 0 rings (SSSR count). The van der Waals surface area contributed by atoms with Crippen LogP contribution >= 0.6 is 12.6 Å². The molecule has 0 aromatic rings. The van der Waals surface area contributed by atoms with Gasteiger partial charge in [-0.3, -0.25) is 92.7 Å². The van der Waals surface area contributed by atoms with E-state index in [-0.39, 0.29) is 227 Å². The fourth-order valence-electron chi connectivity index (χ4n) is 10.9. The summed E-state index contributed by atoms with van der Waals surface area (Å²) >= 11 is 4.17. The van der Waals surface area contributed by atoms with E-state index in [9.17, 15) is 52.7 Å². The highest BCUT2D eigenvalue weighted by molar-refractivity contribution is 7.80. The van der Waals surface area contributed by atoms with Crippen LogP contribution in [0.15, 0.2) is 39.9 Å². The molecule has 42 nitrogen and oxygen atoms in total. The molecule has 604 valence electrons. The minimum absolute atomic E-state index is 0.00199. The number of hydrogen-bond donors (Lipinski definition) is 23. The Morgan fingerprint density at radius 1 is 0.299 bits per heavy atom. The van der Waals surface area contributed by atoms with Crippen LogP contribution in [0, 0.1) is 35.5 Å². The van der Waals surface area contributed by atoms with Crippen LogP contribution in [-0.2, 0) is 57.5 Å². The molecule has 0 aromatic carbocycles. The van der Waals surface area contributed by atoms with E-state index >= 15 is 4.79 Å².